The van der Waals surface area contributed by atoms with Gasteiger partial charge in [0.15, 0.2) is 11.6 Å². The van der Waals surface area contributed by atoms with Crippen molar-refractivity contribution in [2.45, 2.75) is 24.1 Å². The molecule has 0 aliphatic carbocycles. The quantitative estimate of drug-likeness (QED) is 0.271. The number of phosphoric ester groups is 1. The Balaban J connectivity index is 2.68. The minimum absolute atomic E-state index is 0.572. The van der Waals surface area contributed by atoms with Crippen LogP contribution in [0.3, 0.4) is 0 Å². The molecule has 0 fully saturated rings. The minimum Gasteiger partial charge on any atom is -0.439 e. The predicted molar refractivity (Wildman–Crippen MR) is 77.7 cm³/mol. The van der Waals surface area contributed by atoms with Gasteiger partial charge in [0.05, 0.1) is 6.26 Å². The molecule has 194 valence electrons. The van der Waals surface area contributed by atoms with Gasteiger partial charge >= 0.3 is 39.7 Å². The highest BCUT2D eigenvalue weighted by Gasteiger charge is 2.77. The number of halogens is 12. The van der Waals surface area contributed by atoms with Crippen molar-refractivity contribution < 1.29 is 89.7 Å². The van der Waals surface area contributed by atoms with E-state index in [9.17, 15) is 61.8 Å². The summed E-state index contributed by atoms with van der Waals surface area (Å²) >= 11 is 0. The van der Waals surface area contributed by atoms with Crippen molar-refractivity contribution in [1.82, 2.24) is 0 Å². The van der Waals surface area contributed by atoms with Gasteiger partial charge in [0.1, 0.15) is 5.56 Å². The number of hydrogen-bond acceptors (Lipinski definition) is 6. The van der Waals surface area contributed by atoms with Crippen molar-refractivity contribution in [2.75, 3.05) is 0 Å². The Morgan fingerprint density at radius 3 is 1.76 bits per heavy atom. The highest BCUT2D eigenvalue weighted by atomic mass is 31.3. The third-order valence-electron chi connectivity index (χ3n) is 3.44. The largest absolute Gasteiger partial charge is 0.544 e. The van der Waals surface area contributed by atoms with Crippen molar-refractivity contribution in [1.29, 1.82) is 0 Å². The molecule has 0 amide bonds. The molecule has 0 radical (unpaired) electrons. The molecule has 0 aromatic heterocycles. The lowest BCUT2D eigenvalue weighted by Crippen LogP contribution is -2.59. The Labute approximate surface area is 177 Å². The molecular formula is C12H4F12O8P2. The van der Waals surface area contributed by atoms with Crippen LogP contribution in [0.4, 0.5) is 52.7 Å². The van der Waals surface area contributed by atoms with E-state index in [4.69, 9.17) is 9.79 Å². The minimum atomic E-state index is -7.19. The van der Waals surface area contributed by atoms with E-state index >= 15 is 0 Å². The van der Waals surface area contributed by atoms with Crippen LogP contribution < -0.4 is 4.52 Å². The lowest BCUT2D eigenvalue weighted by atomic mass is 10.1. The maximum absolute atomic E-state index is 14.4. The number of phosphoric acid groups is 2. The van der Waals surface area contributed by atoms with Gasteiger partial charge in [0.25, 0.3) is 0 Å². The molecule has 1 aliphatic rings. The Morgan fingerprint density at radius 1 is 0.882 bits per heavy atom. The first-order valence-corrected chi connectivity index (χ1v) is 10.5. The van der Waals surface area contributed by atoms with Crippen LogP contribution in [0.1, 0.15) is 5.56 Å². The maximum atomic E-state index is 14.4. The van der Waals surface area contributed by atoms with Gasteiger partial charge in [-0.25, -0.2) is 17.9 Å². The van der Waals surface area contributed by atoms with Gasteiger partial charge in [-0.15, -0.1) is 0 Å². The summed E-state index contributed by atoms with van der Waals surface area (Å²) in [5.41, 5.74) is -3.25. The van der Waals surface area contributed by atoms with E-state index in [0.717, 1.165) is 0 Å². The Kier molecular flexibility index (Phi) is 6.90. The van der Waals surface area contributed by atoms with E-state index in [2.05, 4.69) is 18.1 Å². The van der Waals surface area contributed by atoms with Gasteiger partial charge < -0.3 is 19.0 Å². The first kappa shape index (κ1) is 28.3. The lowest BCUT2D eigenvalue weighted by molar-refractivity contribution is -0.405. The molecule has 2 unspecified atom stereocenters. The van der Waals surface area contributed by atoms with Gasteiger partial charge in [-0.05, 0) is 0 Å². The lowest BCUT2D eigenvalue weighted by Gasteiger charge is -2.38. The predicted octanol–water partition coefficient (Wildman–Crippen LogP) is 5.31. The molecule has 0 bridgehead atoms. The van der Waals surface area contributed by atoms with E-state index in [1.807, 2.05) is 0 Å². The molecule has 2 rings (SSSR count). The van der Waals surface area contributed by atoms with Crippen molar-refractivity contribution in [3.8, 4) is 5.75 Å². The summed E-state index contributed by atoms with van der Waals surface area (Å²) in [5, 5.41) is 0. The van der Waals surface area contributed by atoms with Crippen molar-refractivity contribution in [3.63, 3.8) is 0 Å². The smallest absolute Gasteiger partial charge is 0.439 e. The molecule has 2 atom stereocenters. The summed E-state index contributed by atoms with van der Waals surface area (Å²) in [4.78, 5) is 17.3. The Bertz CT molecular complexity index is 1090. The molecule has 34 heavy (non-hydrogen) atoms. The average molecular weight is 566 g/mol. The fourth-order valence-electron chi connectivity index (χ4n) is 2.04. The molecule has 1 aromatic rings. The molecule has 22 heteroatoms. The summed E-state index contributed by atoms with van der Waals surface area (Å²) in [6.07, 6.45) is -7.50. The molecular weight excluding hydrogens is 562 g/mol. The van der Waals surface area contributed by atoms with E-state index < -0.39 is 86.6 Å². The topological polar surface area (TPSA) is 112 Å². The zero-order valence-electron chi connectivity index (χ0n) is 14.9. The van der Waals surface area contributed by atoms with Crippen LogP contribution in [0, 0.1) is 23.3 Å². The first-order valence-electron chi connectivity index (χ1n) is 7.48. The standard InChI is InChI=1S/C12H4F12O8P2/c13-4-3(10(19,20)21)5(14)7(16)8(6(4)15)30-34(28,32-33(25,26)27)31-12(24)11(22,23)9(17,18)1-2-29-12/h1-2H,(H2,25,26,27). The number of allylic oxidation sites excluding steroid dienone is 1. The van der Waals surface area contributed by atoms with Gasteiger partial charge in [-0.3, -0.25) is 0 Å². The van der Waals surface area contributed by atoms with Crippen LogP contribution in [-0.2, 0) is 28.9 Å². The molecule has 2 N–H and O–H groups in total. The maximum Gasteiger partial charge on any atom is 0.544 e. The van der Waals surface area contributed by atoms with Crippen LogP contribution in [0.5, 0.6) is 5.75 Å². The molecule has 1 aromatic carbocycles. The number of hydrogen-bond donors (Lipinski definition) is 2. The van der Waals surface area contributed by atoms with Crippen LogP contribution in [0.2, 0.25) is 0 Å². The molecule has 0 spiro atoms. The summed E-state index contributed by atoms with van der Waals surface area (Å²) in [6, 6.07) is -5.79. The van der Waals surface area contributed by atoms with Crippen molar-refractivity contribution in [2.24, 2.45) is 0 Å². The second-order valence-corrected chi connectivity index (χ2v) is 8.71. The number of benzene rings is 1. The van der Waals surface area contributed by atoms with Gasteiger partial charge in [-0.1, -0.05) is 0 Å². The third kappa shape index (κ3) is 5.01. The zero-order chi connectivity index (χ0) is 26.7. The Hall–Kier alpha value is -1.98. The fraction of sp³-hybridized carbons (Fsp3) is 0.333. The van der Waals surface area contributed by atoms with Crippen molar-refractivity contribution >= 4 is 15.6 Å². The first-order chi connectivity index (χ1) is 15.0. The van der Waals surface area contributed by atoms with Gasteiger partial charge in [-0.2, -0.15) is 52.7 Å². The third-order valence-corrected chi connectivity index (χ3v) is 5.95. The molecule has 1 heterocycles. The van der Waals surface area contributed by atoms with E-state index in [1.54, 1.807) is 0 Å². The zero-order valence-corrected chi connectivity index (χ0v) is 16.7. The second kappa shape index (κ2) is 8.30. The molecule has 8 nitrogen and oxygen atoms in total. The summed E-state index contributed by atoms with van der Waals surface area (Å²) in [7, 11) is -13.7. The fourth-order valence-corrected chi connectivity index (χ4v) is 4.22. The highest BCUT2D eigenvalue weighted by molar-refractivity contribution is 7.61. The Morgan fingerprint density at radius 2 is 1.35 bits per heavy atom. The van der Waals surface area contributed by atoms with Crippen molar-refractivity contribution in [3.05, 3.63) is 41.2 Å². The van der Waals surface area contributed by atoms with Gasteiger partial charge in [0.2, 0.25) is 17.4 Å². The van der Waals surface area contributed by atoms with Crippen LogP contribution in [0.15, 0.2) is 12.3 Å². The second-order valence-electron chi connectivity index (χ2n) is 5.81. The SMILES string of the molecule is O=P(O)(O)OP(=O)(Oc1c(F)c(F)c(C(F)(F)F)c(F)c1F)OC1(F)OC=CC(F)(F)C1(F)F. The monoisotopic (exact) mass is 566 g/mol. The van der Waals surface area contributed by atoms with Crippen LogP contribution in [-0.4, -0.2) is 27.7 Å². The number of alkyl halides is 8. The number of ether oxygens (including phenoxy) is 1. The average Bonchev–Trinajstić information content (AvgIpc) is 2.59. The summed E-state index contributed by atoms with van der Waals surface area (Å²) in [6.45, 7) is 0. The van der Waals surface area contributed by atoms with E-state index in [-0.39, 0.29) is 0 Å². The van der Waals surface area contributed by atoms with Gasteiger partial charge in [0, 0.05) is 6.08 Å². The molecule has 0 saturated carbocycles. The number of rotatable bonds is 6. The normalized spacial score (nSPS) is 23.8. The molecule has 0 saturated heterocycles. The van der Waals surface area contributed by atoms with E-state index in [0.29, 0.717) is 0 Å². The highest BCUT2D eigenvalue weighted by Crippen LogP contribution is 2.66. The van der Waals surface area contributed by atoms with Crippen LogP contribution in [0.25, 0.3) is 0 Å². The summed E-state index contributed by atoms with van der Waals surface area (Å²) < 4.78 is 198. The summed E-state index contributed by atoms with van der Waals surface area (Å²) in [5.74, 6) is -28.1. The van der Waals surface area contributed by atoms with Crippen LogP contribution >= 0.6 is 15.6 Å². The molecule has 1 aliphatic heterocycles. The van der Waals surface area contributed by atoms with E-state index in [1.165, 1.54) is 0 Å².